The Morgan fingerprint density at radius 3 is 2.62 bits per heavy atom. The number of thiophene rings is 1. The van der Waals surface area contributed by atoms with Gasteiger partial charge in [-0.1, -0.05) is 30.3 Å². The second kappa shape index (κ2) is 7.01. The van der Waals surface area contributed by atoms with Gasteiger partial charge >= 0.3 is 5.97 Å². The number of nitrogens with one attached hydrogen (secondary N) is 1. The van der Waals surface area contributed by atoms with Gasteiger partial charge in [-0.15, -0.1) is 11.3 Å². The van der Waals surface area contributed by atoms with Crippen LogP contribution < -0.4 is 11.1 Å². The molecule has 0 fully saturated rings. The predicted octanol–water partition coefficient (Wildman–Crippen LogP) is 2.49. The third-order valence-corrected chi connectivity index (χ3v) is 3.69. The quantitative estimate of drug-likeness (QED) is 0.832. The van der Waals surface area contributed by atoms with Crippen molar-refractivity contribution in [2.24, 2.45) is 5.73 Å². The molecule has 0 saturated heterocycles. The third kappa shape index (κ3) is 3.48. The average Bonchev–Trinajstić information content (AvgIpc) is 2.92. The van der Waals surface area contributed by atoms with Gasteiger partial charge in [-0.25, -0.2) is 4.79 Å². The van der Waals surface area contributed by atoms with Crippen molar-refractivity contribution in [3.05, 3.63) is 41.3 Å². The van der Waals surface area contributed by atoms with Gasteiger partial charge < -0.3 is 15.8 Å². The number of rotatable bonds is 5. The second-order valence-corrected chi connectivity index (χ2v) is 5.07. The fourth-order valence-electron chi connectivity index (χ4n) is 1.86. The van der Waals surface area contributed by atoms with Gasteiger partial charge in [0.15, 0.2) is 0 Å². The van der Waals surface area contributed by atoms with Crippen molar-refractivity contribution in [3.63, 3.8) is 0 Å². The van der Waals surface area contributed by atoms with E-state index < -0.39 is 5.97 Å². The topological polar surface area (TPSA) is 81.4 Å². The van der Waals surface area contributed by atoms with E-state index in [9.17, 15) is 9.59 Å². The van der Waals surface area contributed by atoms with Crippen LogP contribution in [0.5, 0.6) is 0 Å². The van der Waals surface area contributed by atoms with E-state index in [4.69, 9.17) is 10.5 Å². The molecule has 1 aromatic heterocycles. The van der Waals surface area contributed by atoms with Crippen LogP contribution in [0.25, 0.3) is 11.1 Å². The molecule has 1 aromatic carbocycles. The molecule has 0 aliphatic rings. The average molecular weight is 304 g/mol. The number of ether oxygens (including phenoxy) is 1. The Morgan fingerprint density at radius 2 is 2.00 bits per heavy atom. The van der Waals surface area contributed by atoms with E-state index in [0.717, 1.165) is 11.1 Å². The Bertz CT molecular complexity index is 638. The number of amides is 1. The third-order valence-electron chi connectivity index (χ3n) is 2.79. The molecule has 0 aliphatic carbocycles. The molecular formula is C15H16N2O3S. The van der Waals surface area contributed by atoms with Crippen molar-refractivity contribution < 1.29 is 14.3 Å². The van der Waals surface area contributed by atoms with Crippen LogP contribution in [-0.2, 0) is 9.53 Å². The van der Waals surface area contributed by atoms with Gasteiger partial charge in [0, 0.05) is 10.9 Å². The van der Waals surface area contributed by atoms with Gasteiger partial charge in [0.05, 0.1) is 13.2 Å². The number of esters is 1. The van der Waals surface area contributed by atoms with E-state index in [1.165, 1.54) is 11.3 Å². The van der Waals surface area contributed by atoms with Crippen LogP contribution in [0.15, 0.2) is 35.7 Å². The lowest BCUT2D eigenvalue weighted by atomic mass is 10.0. The summed E-state index contributed by atoms with van der Waals surface area (Å²) in [5.74, 6) is -0.799. The molecule has 2 rings (SSSR count). The summed E-state index contributed by atoms with van der Waals surface area (Å²) in [4.78, 5) is 23.7. The van der Waals surface area contributed by atoms with Crippen LogP contribution in [-0.4, -0.2) is 25.0 Å². The summed E-state index contributed by atoms with van der Waals surface area (Å²) >= 11 is 1.28. The molecule has 0 radical (unpaired) electrons. The van der Waals surface area contributed by atoms with Gasteiger partial charge in [-0.05, 0) is 12.5 Å². The zero-order valence-electron chi connectivity index (χ0n) is 11.6. The van der Waals surface area contributed by atoms with Crippen molar-refractivity contribution in [2.75, 3.05) is 18.5 Å². The summed E-state index contributed by atoms with van der Waals surface area (Å²) in [6, 6.07) is 9.48. The molecule has 0 atom stereocenters. The minimum atomic E-state index is -0.454. The van der Waals surface area contributed by atoms with E-state index in [1.54, 1.807) is 6.92 Å². The van der Waals surface area contributed by atoms with Crippen molar-refractivity contribution in [1.29, 1.82) is 0 Å². The minimum Gasteiger partial charge on any atom is -0.462 e. The van der Waals surface area contributed by atoms with Crippen LogP contribution in [0.4, 0.5) is 5.00 Å². The van der Waals surface area contributed by atoms with Crippen LogP contribution in [0.2, 0.25) is 0 Å². The molecule has 0 bridgehead atoms. The number of carbonyl (C=O) groups is 2. The molecule has 2 aromatic rings. The molecule has 5 nitrogen and oxygen atoms in total. The number of hydrogen-bond donors (Lipinski definition) is 2. The molecule has 1 amide bonds. The molecular weight excluding hydrogens is 288 g/mol. The molecule has 21 heavy (non-hydrogen) atoms. The first-order valence-corrected chi connectivity index (χ1v) is 7.39. The molecule has 0 spiro atoms. The summed E-state index contributed by atoms with van der Waals surface area (Å²) < 4.78 is 5.09. The van der Waals surface area contributed by atoms with Gasteiger partial charge in [-0.2, -0.15) is 0 Å². The number of anilines is 1. The summed E-state index contributed by atoms with van der Waals surface area (Å²) in [6.45, 7) is 1.87. The molecule has 6 heteroatoms. The Hall–Kier alpha value is -2.18. The molecule has 0 saturated carbocycles. The van der Waals surface area contributed by atoms with E-state index in [-0.39, 0.29) is 19.1 Å². The van der Waals surface area contributed by atoms with E-state index in [1.807, 2.05) is 35.7 Å². The lowest BCUT2D eigenvalue weighted by molar-refractivity contribution is -0.114. The van der Waals surface area contributed by atoms with Crippen molar-refractivity contribution in [3.8, 4) is 11.1 Å². The van der Waals surface area contributed by atoms with Crippen LogP contribution in [0.1, 0.15) is 17.3 Å². The fourth-order valence-corrected chi connectivity index (χ4v) is 2.84. The smallest absolute Gasteiger partial charge is 0.341 e. The maximum Gasteiger partial charge on any atom is 0.341 e. The maximum absolute atomic E-state index is 12.2. The van der Waals surface area contributed by atoms with Gasteiger partial charge in [0.25, 0.3) is 0 Å². The fraction of sp³-hybridized carbons (Fsp3) is 0.200. The summed E-state index contributed by atoms with van der Waals surface area (Å²) in [6.07, 6.45) is 0. The SMILES string of the molecule is CCOC(=O)c1c(-c2ccccc2)csc1NC(=O)CN. The number of nitrogens with two attached hydrogens (primary N) is 1. The lowest BCUT2D eigenvalue weighted by Crippen LogP contribution is -2.22. The van der Waals surface area contributed by atoms with Crippen molar-refractivity contribution in [2.45, 2.75) is 6.92 Å². The summed E-state index contributed by atoms with van der Waals surface area (Å²) in [7, 11) is 0. The van der Waals surface area contributed by atoms with Gasteiger partial charge in [0.2, 0.25) is 5.91 Å². The first kappa shape index (κ1) is 15.2. The monoisotopic (exact) mass is 304 g/mol. The Labute approximate surface area is 126 Å². The van der Waals surface area contributed by atoms with E-state index in [2.05, 4.69) is 5.32 Å². The zero-order valence-corrected chi connectivity index (χ0v) is 12.4. The zero-order chi connectivity index (χ0) is 15.2. The van der Waals surface area contributed by atoms with Crippen LogP contribution >= 0.6 is 11.3 Å². The van der Waals surface area contributed by atoms with Crippen molar-refractivity contribution in [1.82, 2.24) is 0 Å². The van der Waals surface area contributed by atoms with Gasteiger partial charge in [-0.3, -0.25) is 4.79 Å². The first-order valence-electron chi connectivity index (χ1n) is 6.51. The second-order valence-electron chi connectivity index (χ2n) is 4.19. The molecule has 1 heterocycles. The van der Waals surface area contributed by atoms with Crippen molar-refractivity contribution >= 4 is 28.2 Å². The molecule has 110 valence electrons. The summed E-state index contributed by atoms with van der Waals surface area (Å²) in [5, 5.41) is 4.93. The number of benzene rings is 1. The summed E-state index contributed by atoms with van der Waals surface area (Å²) in [5.41, 5.74) is 7.30. The molecule has 0 unspecified atom stereocenters. The predicted molar refractivity (Wildman–Crippen MR) is 83.4 cm³/mol. The van der Waals surface area contributed by atoms with Crippen LogP contribution in [0.3, 0.4) is 0 Å². The number of hydrogen-bond acceptors (Lipinski definition) is 5. The minimum absolute atomic E-state index is 0.138. The highest BCUT2D eigenvalue weighted by Gasteiger charge is 2.22. The van der Waals surface area contributed by atoms with Gasteiger partial charge in [0.1, 0.15) is 10.6 Å². The highest BCUT2D eigenvalue weighted by atomic mass is 32.1. The largest absolute Gasteiger partial charge is 0.462 e. The lowest BCUT2D eigenvalue weighted by Gasteiger charge is -2.08. The highest BCUT2D eigenvalue weighted by Crippen LogP contribution is 2.36. The maximum atomic E-state index is 12.2. The highest BCUT2D eigenvalue weighted by molar-refractivity contribution is 7.15. The first-order chi connectivity index (χ1) is 10.2. The molecule has 3 N–H and O–H groups in total. The van der Waals surface area contributed by atoms with E-state index in [0.29, 0.717) is 10.6 Å². The Balaban J connectivity index is 2.46. The molecule has 0 aliphatic heterocycles. The normalized spacial score (nSPS) is 10.2. The standard InChI is InChI=1S/C15H16N2O3S/c1-2-20-15(19)13-11(10-6-4-3-5-7-10)9-21-14(13)17-12(18)8-16/h3-7,9H,2,8,16H2,1H3,(H,17,18). The van der Waals surface area contributed by atoms with E-state index >= 15 is 0 Å². The Morgan fingerprint density at radius 1 is 1.29 bits per heavy atom. The Kier molecular flexibility index (Phi) is 5.08. The number of carbonyl (C=O) groups excluding carboxylic acids is 2. The van der Waals surface area contributed by atoms with Crippen LogP contribution in [0, 0.1) is 0 Å².